The van der Waals surface area contributed by atoms with Gasteiger partial charge in [-0.2, -0.15) is 5.10 Å². The molecule has 4 aromatic heterocycles. The van der Waals surface area contributed by atoms with E-state index < -0.39 is 0 Å². The van der Waals surface area contributed by atoms with Crippen molar-refractivity contribution in [3.8, 4) is 11.3 Å². The van der Waals surface area contributed by atoms with Crippen LogP contribution >= 0.6 is 0 Å². The van der Waals surface area contributed by atoms with Gasteiger partial charge in [0.05, 0.1) is 24.0 Å². The maximum Gasteiger partial charge on any atom is 0.284 e. The maximum absolute atomic E-state index is 13.3. The number of aromatic nitrogens is 7. The topological polar surface area (TPSA) is 98.2 Å². The van der Waals surface area contributed by atoms with Crippen molar-refractivity contribution < 1.29 is 0 Å². The van der Waals surface area contributed by atoms with Crippen molar-refractivity contribution in [3.05, 3.63) is 69.5 Å². The van der Waals surface area contributed by atoms with Crippen LogP contribution in [0.1, 0.15) is 48.7 Å². The number of hydrogen-bond donors (Lipinski definition) is 1. The molecule has 0 spiro atoms. The first kappa shape index (κ1) is 21.5. The molecule has 1 aliphatic heterocycles. The molecule has 0 bridgehead atoms. The highest BCUT2D eigenvalue weighted by molar-refractivity contribution is 5.84. The van der Waals surface area contributed by atoms with Crippen molar-refractivity contribution in [1.29, 1.82) is 0 Å². The van der Waals surface area contributed by atoms with E-state index in [0.29, 0.717) is 23.7 Å². The highest BCUT2D eigenvalue weighted by Crippen LogP contribution is 2.24. The third-order valence-corrected chi connectivity index (χ3v) is 6.78. The molecule has 5 aromatic rings. The predicted molar refractivity (Wildman–Crippen MR) is 136 cm³/mol. The van der Waals surface area contributed by atoms with E-state index in [4.69, 9.17) is 0 Å². The van der Waals surface area contributed by atoms with Gasteiger partial charge < -0.3 is 9.55 Å². The number of H-pyrrole nitrogens is 1. The number of fused-ring (bicyclic) bond motifs is 3. The van der Waals surface area contributed by atoms with Gasteiger partial charge in [-0.15, -0.1) is 10.2 Å². The van der Waals surface area contributed by atoms with Crippen LogP contribution < -0.4 is 5.56 Å². The molecule has 0 aliphatic carbocycles. The van der Waals surface area contributed by atoms with Crippen molar-refractivity contribution >= 4 is 23.0 Å². The van der Waals surface area contributed by atoms with Gasteiger partial charge in [-0.1, -0.05) is 38.0 Å². The Balaban J connectivity index is 1.36. The first-order chi connectivity index (χ1) is 17.1. The molecular formula is C26H28N8O. The highest BCUT2D eigenvalue weighted by Gasteiger charge is 2.18. The SMILES string of the molecule is CCCCCn1c2cc(-c3cnn(Cc4ccc5c(c4)CCN=C5)c3)[nH]c2c(=O)n2c(C)nnc12. The molecule has 1 N–H and O–H groups in total. The first-order valence-electron chi connectivity index (χ1n) is 12.2. The summed E-state index contributed by atoms with van der Waals surface area (Å²) in [6.45, 7) is 6.32. The van der Waals surface area contributed by atoms with Gasteiger partial charge in [0.1, 0.15) is 11.3 Å². The lowest BCUT2D eigenvalue weighted by Crippen LogP contribution is -2.19. The Kier molecular flexibility index (Phi) is 5.32. The molecule has 9 heteroatoms. The van der Waals surface area contributed by atoms with Gasteiger partial charge in [-0.05, 0) is 42.5 Å². The first-order valence-corrected chi connectivity index (χ1v) is 12.2. The van der Waals surface area contributed by atoms with Gasteiger partial charge in [0.15, 0.2) is 0 Å². The zero-order chi connectivity index (χ0) is 23.9. The minimum atomic E-state index is -0.125. The lowest BCUT2D eigenvalue weighted by atomic mass is 10.0. The standard InChI is InChI=1S/C26H28N8O/c1-3-4-5-10-33-23-12-22(29-24(23)25(35)34-17(2)30-31-26(33)34)21-14-28-32(16-21)15-18-6-7-20-13-27-9-8-19(20)11-18/h6-7,11-14,16,29H,3-5,8-10,15H2,1-2H3. The Bertz CT molecular complexity index is 1630. The van der Waals surface area contributed by atoms with E-state index in [9.17, 15) is 4.79 Å². The third-order valence-electron chi connectivity index (χ3n) is 6.78. The number of benzene rings is 1. The average molecular weight is 469 g/mol. The molecule has 5 heterocycles. The summed E-state index contributed by atoms with van der Waals surface area (Å²) in [5.41, 5.74) is 6.86. The fourth-order valence-electron chi connectivity index (χ4n) is 4.92. The van der Waals surface area contributed by atoms with Crippen LogP contribution in [0.25, 0.3) is 28.1 Å². The molecule has 0 amide bonds. The van der Waals surface area contributed by atoms with Crippen molar-refractivity contribution in [2.24, 2.45) is 4.99 Å². The summed E-state index contributed by atoms with van der Waals surface area (Å²) in [4.78, 5) is 21.0. The lowest BCUT2D eigenvalue weighted by Gasteiger charge is -2.11. The Hall–Kier alpha value is -4.01. The molecule has 178 valence electrons. The van der Waals surface area contributed by atoms with E-state index in [1.54, 1.807) is 4.40 Å². The largest absolute Gasteiger partial charge is 0.349 e. The number of unbranched alkanes of at least 4 members (excludes halogenated alkanes) is 2. The van der Waals surface area contributed by atoms with Crippen molar-refractivity contribution in [1.82, 2.24) is 33.9 Å². The highest BCUT2D eigenvalue weighted by atomic mass is 16.1. The molecular weight excluding hydrogens is 440 g/mol. The quantitative estimate of drug-likeness (QED) is 0.368. The van der Waals surface area contributed by atoms with E-state index in [-0.39, 0.29) is 5.56 Å². The van der Waals surface area contributed by atoms with Crippen LogP contribution in [0.5, 0.6) is 0 Å². The molecule has 0 saturated heterocycles. The van der Waals surface area contributed by atoms with Gasteiger partial charge in [-0.25, -0.2) is 4.40 Å². The smallest absolute Gasteiger partial charge is 0.284 e. The monoisotopic (exact) mass is 468 g/mol. The minimum absolute atomic E-state index is 0.125. The van der Waals surface area contributed by atoms with Crippen LogP contribution in [0.3, 0.4) is 0 Å². The van der Waals surface area contributed by atoms with Gasteiger partial charge in [0, 0.05) is 31.1 Å². The van der Waals surface area contributed by atoms with E-state index in [2.05, 4.69) is 55.0 Å². The van der Waals surface area contributed by atoms with Crippen molar-refractivity contribution in [3.63, 3.8) is 0 Å². The predicted octanol–water partition coefficient (Wildman–Crippen LogP) is 3.76. The number of hydrogen-bond acceptors (Lipinski definition) is 5. The summed E-state index contributed by atoms with van der Waals surface area (Å²) in [7, 11) is 0. The summed E-state index contributed by atoms with van der Waals surface area (Å²) in [6, 6.07) is 8.55. The second kappa shape index (κ2) is 8.65. The Morgan fingerprint density at radius 1 is 1.14 bits per heavy atom. The van der Waals surface area contributed by atoms with Crippen LogP contribution in [0.15, 0.2) is 46.4 Å². The lowest BCUT2D eigenvalue weighted by molar-refractivity contribution is 0.615. The molecule has 0 radical (unpaired) electrons. The van der Waals surface area contributed by atoms with Crippen LogP contribution in [-0.4, -0.2) is 46.7 Å². The van der Waals surface area contributed by atoms with Gasteiger partial charge in [0.25, 0.3) is 5.56 Å². The van der Waals surface area contributed by atoms with Crippen LogP contribution in [0.4, 0.5) is 0 Å². The van der Waals surface area contributed by atoms with E-state index >= 15 is 0 Å². The molecule has 1 aliphatic rings. The molecule has 0 fully saturated rings. The fraction of sp³-hybridized carbons (Fsp3) is 0.346. The fourth-order valence-corrected chi connectivity index (χ4v) is 4.92. The number of nitrogens with zero attached hydrogens (tertiary/aromatic N) is 7. The molecule has 35 heavy (non-hydrogen) atoms. The number of aliphatic imine (C=N–C) groups is 1. The summed E-state index contributed by atoms with van der Waals surface area (Å²) in [5, 5.41) is 13.1. The Labute approximate surface area is 202 Å². The summed E-state index contributed by atoms with van der Waals surface area (Å²) < 4.78 is 5.64. The number of nitrogens with one attached hydrogen (secondary N) is 1. The van der Waals surface area contributed by atoms with Crippen LogP contribution in [0, 0.1) is 6.92 Å². The normalized spacial score (nSPS) is 13.2. The van der Waals surface area contributed by atoms with Crippen molar-refractivity contribution in [2.75, 3.05) is 6.54 Å². The van der Waals surface area contributed by atoms with E-state index in [0.717, 1.165) is 55.5 Å². The second-order valence-corrected chi connectivity index (χ2v) is 9.23. The average Bonchev–Trinajstić information content (AvgIpc) is 3.60. The Morgan fingerprint density at radius 2 is 2.06 bits per heavy atom. The molecule has 9 nitrogen and oxygen atoms in total. The summed E-state index contributed by atoms with van der Waals surface area (Å²) in [6.07, 6.45) is 10.1. The molecule has 0 saturated carbocycles. The van der Waals surface area contributed by atoms with E-state index in [1.807, 2.05) is 36.3 Å². The number of aryl methyl sites for hydroxylation is 2. The molecule has 0 unspecified atom stereocenters. The number of rotatable bonds is 7. The molecule has 1 aromatic carbocycles. The van der Waals surface area contributed by atoms with Gasteiger partial charge in [-0.3, -0.25) is 14.5 Å². The minimum Gasteiger partial charge on any atom is -0.349 e. The van der Waals surface area contributed by atoms with Crippen LogP contribution in [-0.2, 0) is 19.5 Å². The molecule has 0 atom stereocenters. The second-order valence-electron chi connectivity index (χ2n) is 9.23. The summed E-state index contributed by atoms with van der Waals surface area (Å²) in [5.74, 6) is 1.19. The van der Waals surface area contributed by atoms with Gasteiger partial charge in [0.2, 0.25) is 5.78 Å². The summed E-state index contributed by atoms with van der Waals surface area (Å²) >= 11 is 0. The zero-order valence-electron chi connectivity index (χ0n) is 20.0. The number of aromatic amines is 1. The molecule has 6 rings (SSSR count). The van der Waals surface area contributed by atoms with Crippen LogP contribution in [0.2, 0.25) is 0 Å². The van der Waals surface area contributed by atoms with Crippen molar-refractivity contribution in [2.45, 2.75) is 52.6 Å². The zero-order valence-corrected chi connectivity index (χ0v) is 20.0. The Morgan fingerprint density at radius 3 is 2.94 bits per heavy atom. The maximum atomic E-state index is 13.3. The van der Waals surface area contributed by atoms with E-state index in [1.165, 1.54) is 16.7 Å². The van der Waals surface area contributed by atoms with Gasteiger partial charge >= 0.3 is 0 Å². The third kappa shape index (κ3) is 3.77.